The Balaban J connectivity index is 1.49. The zero-order valence-electron chi connectivity index (χ0n) is 21.5. The monoisotopic (exact) mass is 486 g/mol. The molecule has 8 heteroatoms. The van der Waals surface area contributed by atoms with Gasteiger partial charge in [0, 0.05) is 18.8 Å². The molecular formula is C27H38N2O6. The van der Waals surface area contributed by atoms with Crippen molar-refractivity contribution in [3.63, 3.8) is 0 Å². The molecule has 0 aromatic carbocycles. The number of ether oxygens (including phenoxy) is 2. The number of allylic oxidation sites excluding steroid dienone is 1. The molecule has 192 valence electrons. The topological polar surface area (TPSA) is 107 Å². The molecule has 35 heavy (non-hydrogen) atoms. The van der Waals surface area contributed by atoms with Gasteiger partial charge < -0.3 is 19.5 Å². The first-order chi connectivity index (χ1) is 16.6. The number of esters is 2. The highest BCUT2D eigenvalue weighted by molar-refractivity contribution is 6.38. The van der Waals surface area contributed by atoms with E-state index in [1.165, 1.54) is 12.5 Å². The first kappa shape index (κ1) is 24.3. The largest absolute Gasteiger partial charge is 0.462 e. The predicted molar refractivity (Wildman–Crippen MR) is 129 cm³/mol. The van der Waals surface area contributed by atoms with E-state index in [1.807, 2.05) is 0 Å². The van der Waals surface area contributed by atoms with E-state index in [0.717, 1.165) is 44.9 Å². The molecule has 1 heterocycles. The quantitative estimate of drug-likeness (QED) is 0.204. The van der Waals surface area contributed by atoms with Crippen LogP contribution >= 0.6 is 0 Å². The van der Waals surface area contributed by atoms with Gasteiger partial charge in [-0.25, -0.2) is 4.79 Å². The lowest BCUT2D eigenvalue weighted by molar-refractivity contribution is -0.149. The Labute approximate surface area is 207 Å². The van der Waals surface area contributed by atoms with E-state index in [0.29, 0.717) is 29.2 Å². The summed E-state index contributed by atoms with van der Waals surface area (Å²) in [5, 5.41) is 17.7. The summed E-state index contributed by atoms with van der Waals surface area (Å²) in [7, 11) is 0. The van der Waals surface area contributed by atoms with Crippen LogP contribution in [0.15, 0.2) is 22.0 Å². The smallest absolute Gasteiger partial charge is 0.356 e. The van der Waals surface area contributed by atoms with E-state index < -0.39 is 11.6 Å². The average Bonchev–Trinajstić information content (AvgIpc) is 3.32. The van der Waals surface area contributed by atoms with Crippen LogP contribution in [-0.4, -0.2) is 46.9 Å². The van der Waals surface area contributed by atoms with Gasteiger partial charge in [-0.05, 0) is 75.5 Å². The van der Waals surface area contributed by atoms with E-state index in [1.54, 1.807) is 13.8 Å². The molecule has 4 aliphatic carbocycles. The number of hydrogen-bond acceptors (Lipinski definition) is 8. The standard InChI is InChI=1S/C27H38N2O6/c1-6-33-24(31)23-22-14-21-19-8-7-17-13-18(34-16(3)30)9-11-25(17,4)20(19)10-12-26(21,5)27(22,35-29-23)15(2)28-32/h7,18-22,32H,6,8-14H2,1-5H3/t18-,19-,20+,21+,22-,25-,26-,27-/m0/s1. The van der Waals surface area contributed by atoms with Crippen molar-refractivity contribution in [3.8, 4) is 0 Å². The second kappa shape index (κ2) is 8.34. The Kier molecular flexibility index (Phi) is 5.80. The van der Waals surface area contributed by atoms with Crippen molar-refractivity contribution in [2.24, 2.45) is 44.8 Å². The van der Waals surface area contributed by atoms with E-state index >= 15 is 0 Å². The van der Waals surface area contributed by atoms with Crippen molar-refractivity contribution in [3.05, 3.63) is 11.6 Å². The number of fused-ring (bicyclic) bond motifs is 7. The van der Waals surface area contributed by atoms with Gasteiger partial charge in [0.1, 0.15) is 11.8 Å². The highest BCUT2D eigenvalue weighted by atomic mass is 16.7. The zero-order chi connectivity index (χ0) is 25.2. The summed E-state index contributed by atoms with van der Waals surface area (Å²) in [5.41, 5.74) is 1.08. The second-order valence-corrected chi connectivity index (χ2v) is 11.7. The summed E-state index contributed by atoms with van der Waals surface area (Å²) >= 11 is 0. The van der Waals surface area contributed by atoms with E-state index in [-0.39, 0.29) is 35.4 Å². The predicted octanol–water partition coefficient (Wildman–Crippen LogP) is 4.65. The van der Waals surface area contributed by atoms with Crippen LogP contribution in [0.2, 0.25) is 0 Å². The molecule has 3 saturated carbocycles. The maximum Gasteiger partial charge on any atom is 0.356 e. The first-order valence-electron chi connectivity index (χ1n) is 13.1. The van der Waals surface area contributed by atoms with Gasteiger partial charge in [0.2, 0.25) is 0 Å². The Bertz CT molecular complexity index is 1020. The van der Waals surface area contributed by atoms with Crippen molar-refractivity contribution >= 4 is 23.4 Å². The van der Waals surface area contributed by atoms with E-state index in [2.05, 4.69) is 30.2 Å². The molecule has 0 amide bonds. The third kappa shape index (κ3) is 3.23. The first-order valence-corrected chi connectivity index (χ1v) is 13.1. The van der Waals surface area contributed by atoms with Gasteiger partial charge in [-0.3, -0.25) is 4.79 Å². The number of oxime groups is 2. The van der Waals surface area contributed by atoms with Crippen LogP contribution in [0.25, 0.3) is 0 Å². The van der Waals surface area contributed by atoms with Crippen LogP contribution in [0.3, 0.4) is 0 Å². The normalized spacial score (nSPS) is 44.0. The van der Waals surface area contributed by atoms with Crippen LogP contribution in [0.5, 0.6) is 0 Å². The molecule has 8 nitrogen and oxygen atoms in total. The van der Waals surface area contributed by atoms with E-state index in [4.69, 9.17) is 14.3 Å². The van der Waals surface area contributed by atoms with Crippen LogP contribution in [-0.2, 0) is 23.9 Å². The van der Waals surface area contributed by atoms with Crippen molar-refractivity contribution in [1.82, 2.24) is 0 Å². The maximum absolute atomic E-state index is 12.8. The molecule has 1 N–H and O–H groups in total. The van der Waals surface area contributed by atoms with Gasteiger partial charge >= 0.3 is 11.9 Å². The average molecular weight is 487 g/mol. The minimum absolute atomic E-state index is 0.0218. The van der Waals surface area contributed by atoms with Crippen molar-refractivity contribution in [2.75, 3.05) is 6.61 Å². The molecule has 0 unspecified atom stereocenters. The molecule has 3 fully saturated rings. The van der Waals surface area contributed by atoms with Crippen molar-refractivity contribution in [2.45, 2.75) is 91.3 Å². The Morgan fingerprint density at radius 3 is 2.69 bits per heavy atom. The molecule has 0 radical (unpaired) electrons. The molecule has 5 rings (SSSR count). The molecule has 0 bridgehead atoms. The van der Waals surface area contributed by atoms with Crippen LogP contribution in [0.1, 0.15) is 79.6 Å². The van der Waals surface area contributed by atoms with Gasteiger partial charge in [-0.2, -0.15) is 0 Å². The van der Waals surface area contributed by atoms with Gasteiger partial charge in [0.25, 0.3) is 0 Å². The number of carbonyl (C=O) groups excluding carboxylic acids is 2. The molecule has 0 saturated heterocycles. The maximum atomic E-state index is 12.8. The molecule has 0 spiro atoms. The minimum Gasteiger partial charge on any atom is -0.462 e. The number of rotatable bonds is 4. The lowest BCUT2D eigenvalue weighted by Crippen LogP contribution is -2.59. The van der Waals surface area contributed by atoms with Crippen molar-refractivity contribution in [1.29, 1.82) is 0 Å². The summed E-state index contributed by atoms with van der Waals surface area (Å²) < 4.78 is 10.9. The molecular weight excluding hydrogens is 448 g/mol. The number of nitrogens with zero attached hydrogens (tertiary/aromatic N) is 2. The van der Waals surface area contributed by atoms with Gasteiger partial charge in [0.15, 0.2) is 11.3 Å². The SMILES string of the molecule is CCOC(=O)C1=NO[C@@]2(C(C)=NO)[C@H]1C[C@@H]1[C@H]3CC=C4C[C@@H](OC(C)=O)CC[C@]4(C)[C@@H]3CC[C@@]12C. The number of carbonyl (C=O) groups is 2. The molecule has 1 aliphatic heterocycles. The summed E-state index contributed by atoms with van der Waals surface area (Å²) in [4.78, 5) is 30.5. The summed E-state index contributed by atoms with van der Waals surface area (Å²) in [6.07, 6.45) is 8.78. The third-order valence-corrected chi connectivity index (χ3v) is 10.4. The highest BCUT2D eigenvalue weighted by Crippen LogP contribution is 2.70. The van der Waals surface area contributed by atoms with Crippen LogP contribution in [0.4, 0.5) is 0 Å². The lowest BCUT2D eigenvalue weighted by atomic mass is 9.46. The lowest BCUT2D eigenvalue weighted by Gasteiger charge is -2.58. The molecule has 5 aliphatic rings. The summed E-state index contributed by atoms with van der Waals surface area (Å²) in [5.74, 6) is 0.320. The number of hydrogen-bond donors (Lipinski definition) is 1. The third-order valence-electron chi connectivity index (χ3n) is 10.4. The zero-order valence-corrected chi connectivity index (χ0v) is 21.5. The molecule has 0 aromatic rings. The van der Waals surface area contributed by atoms with Crippen LogP contribution in [0, 0.1) is 34.5 Å². The summed E-state index contributed by atoms with van der Waals surface area (Å²) in [6, 6.07) is 0. The van der Waals surface area contributed by atoms with Crippen LogP contribution < -0.4 is 0 Å². The van der Waals surface area contributed by atoms with Crippen molar-refractivity contribution < 1.29 is 29.1 Å². The Morgan fingerprint density at radius 2 is 2.00 bits per heavy atom. The van der Waals surface area contributed by atoms with Gasteiger partial charge in [-0.15, -0.1) is 0 Å². The summed E-state index contributed by atoms with van der Waals surface area (Å²) in [6.45, 7) is 9.97. The fraction of sp³-hybridized carbons (Fsp3) is 0.778. The fourth-order valence-electron chi connectivity index (χ4n) is 8.84. The molecule has 8 atom stereocenters. The van der Waals surface area contributed by atoms with E-state index in [9.17, 15) is 14.8 Å². The fourth-order valence-corrected chi connectivity index (χ4v) is 8.84. The minimum atomic E-state index is -0.933. The highest BCUT2D eigenvalue weighted by Gasteiger charge is 2.74. The molecule has 0 aromatic heterocycles. The van der Waals surface area contributed by atoms with Gasteiger partial charge in [-0.1, -0.05) is 35.8 Å². The Morgan fingerprint density at radius 1 is 1.23 bits per heavy atom. The Hall–Kier alpha value is -2.38. The second-order valence-electron chi connectivity index (χ2n) is 11.7. The van der Waals surface area contributed by atoms with Gasteiger partial charge in [0.05, 0.1) is 12.5 Å².